The van der Waals surface area contributed by atoms with Gasteiger partial charge in [0.2, 0.25) is 0 Å². The van der Waals surface area contributed by atoms with Gasteiger partial charge in [-0.2, -0.15) is 0 Å². The van der Waals surface area contributed by atoms with Crippen molar-refractivity contribution in [2.75, 3.05) is 36.5 Å². The SMILES string of the molecule is Cc1cc(Br)ccc1NC(=O)c1ccc(N2CCOCC2)cn1. The summed E-state index contributed by atoms with van der Waals surface area (Å²) >= 11 is 3.41. The van der Waals surface area contributed by atoms with Crippen LogP contribution in [0.25, 0.3) is 0 Å². The number of benzene rings is 1. The van der Waals surface area contributed by atoms with Gasteiger partial charge in [-0.25, -0.2) is 4.98 Å². The zero-order chi connectivity index (χ0) is 16.2. The summed E-state index contributed by atoms with van der Waals surface area (Å²) in [6, 6.07) is 9.43. The number of hydrogen-bond donors (Lipinski definition) is 1. The third-order valence-electron chi connectivity index (χ3n) is 3.79. The van der Waals surface area contributed by atoms with Crippen molar-refractivity contribution in [1.82, 2.24) is 4.98 Å². The van der Waals surface area contributed by atoms with Crippen LogP contribution in [0.15, 0.2) is 41.0 Å². The van der Waals surface area contributed by atoms with Crippen LogP contribution in [-0.2, 0) is 4.74 Å². The molecule has 23 heavy (non-hydrogen) atoms. The zero-order valence-electron chi connectivity index (χ0n) is 12.9. The largest absolute Gasteiger partial charge is 0.378 e. The van der Waals surface area contributed by atoms with E-state index in [0.29, 0.717) is 5.69 Å². The summed E-state index contributed by atoms with van der Waals surface area (Å²) in [5.74, 6) is -0.205. The molecule has 0 saturated carbocycles. The summed E-state index contributed by atoms with van der Waals surface area (Å²) < 4.78 is 6.33. The van der Waals surface area contributed by atoms with Gasteiger partial charge in [-0.15, -0.1) is 0 Å². The van der Waals surface area contributed by atoms with Crippen LogP contribution < -0.4 is 10.2 Å². The third-order valence-corrected chi connectivity index (χ3v) is 4.29. The molecule has 0 atom stereocenters. The van der Waals surface area contributed by atoms with E-state index in [0.717, 1.165) is 47.7 Å². The Balaban J connectivity index is 1.69. The standard InChI is InChI=1S/C17H18BrN3O2/c1-12-10-13(18)2-4-15(12)20-17(22)16-5-3-14(11-19-16)21-6-8-23-9-7-21/h2-5,10-11H,6-9H2,1H3,(H,20,22). The molecular weight excluding hydrogens is 358 g/mol. The van der Waals surface area contributed by atoms with Crippen molar-refractivity contribution in [2.45, 2.75) is 6.92 Å². The lowest BCUT2D eigenvalue weighted by Gasteiger charge is -2.28. The fourth-order valence-corrected chi connectivity index (χ4v) is 2.96. The van der Waals surface area contributed by atoms with Crippen LogP contribution in [0.1, 0.15) is 16.1 Å². The molecular formula is C17H18BrN3O2. The number of hydrogen-bond acceptors (Lipinski definition) is 4. The van der Waals surface area contributed by atoms with Crippen LogP contribution in [0.5, 0.6) is 0 Å². The van der Waals surface area contributed by atoms with Crippen molar-refractivity contribution < 1.29 is 9.53 Å². The third kappa shape index (κ3) is 3.89. The minimum Gasteiger partial charge on any atom is -0.378 e. The number of aryl methyl sites for hydroxylation is 1. The maximum atomic E-state index is 12.3. The van der Waals surface area contributed by atoms with E-state index in [2.05, 4.69) is 31.1 Å². The van der Waals surface area contributed by atoms with Crippen molar-refractivity contribution in [3.05, 3.63) is 52.3 Å². The molecule has 0 unspecified atom stereocenters. The minimum atomic E-state index is -0.205. The molecule has 120 valence electrons. The highest BCUT2D eigenvalue weighted by molar-refractivity contribution is 9.10. The van der Waals surface area contributed by atoms with E-state index in [4.69, 9.17) is 4.74 Å². The fraction of sp³-hybridized carbons (Fsp3) is 0.294. The molecule has 6 heteroatoms. The van der Waals surface area contributed by atoms with E-state index in [1.165, 1.54) is 0 Å². The maximum Gasteiger partial charge on any atom is 0.274 e. The first-order valence-corrected chi connectivity index (χ1v) is 8.29. The molecule has 1 fully saturated rings. The van der Waals surface area contributed by atoms with Gasteiger partial charge >= 0.3 is 0 Å². The molecule has 3 rings (SSSR count). The number of amides is 1. The van der Waals surface area contributed by atoms with Crippen molar-refractivity contribution >= 4 is 33.2 Å². The molecule has 1 aliphatic rings. The number of pyridine rings is 1. The second kappa shape index (κ2) is 7.10. The number of rotatable bonds is 3. The van der Waals surface area contributed by atoms with E-state index in [1.807, 2.05) is 31.2 Å². The van der Waals surface area contributed by atoms with Gasteiger partial charge in [0.25, 0.3) is 5.91 Å². The summed E-state index contributed by atoms with van der Waals surface area (Å²) in [6.45, 7) is 5.11. The second-order valence-corrected chi connectivity index (χ2v) is 6.33. The van der Waals surface area contributed by atoms with Crippen molar-refractivity contribution in [2.24, 2.45) is 0 Å². The summed E-state index contributed by atoms with van der Waals surface area (Å²) in [5.41, 5.74) is 3.21. The zero-order valence-corrected chi connectivity index (χ0v) is 14.5. The quantitative estimate of drug-likeness (QED) is 0.894. The van der Waals surface area contributed by atoms with Gasteiger partial charge in [-0.05, 0) is 42.8 Å². The molecule has 1 aliphatic heterocycles. The first kappa shape index (κ1) is 16.0. The Hall–Kier alpha value is -1.92. The number of nitrogens with zero attached hydrogens (tertiary/aromatic N) is 2. The number of aromatic nitrogens is 1. The Kier molecular flexibility index (Phi) is 4.93. The smallest absolute Gasteiger partial charge is 0.274 e. The fourth-order valence-electron chi connectivity index (χ4n) is 2.48. The summed E-state index contributed by atoms with van der Waals surface area (Å²) in [6.07, 6.45) is 1.74. The molecule has 2 heterocycles. The van der Waals surface area contributed by atoms with E-state index < -0.39 is 0 Å². The molecule has 1 amide bonds. The van der Waals surface area contributed by atoms with Crippen molar-refractivity contribution in [3.63, 3.8) is 0 Å². The Labute approximate surface area is 143 Å². The van der Waals surface area contributed by atoms with Gasteiger partial charge in [0, 0.05) is 23.2 Å². The number of carbonyl (C=O) groups excluding carboxylic acids is 1. The van der Waals surface area contributed by atoms with E-state index >= 15 is 0 Å². The second-order valence-electron chi connectivity index (χ2n) is 5.41. The number of halogens is 1. The predicted molar refractivity (Wildman–Crippen MR) is 94.1 cm³/mol. The number of anilines is 2. The van der Waals surface area contributed by atoms with E-state index in [9.17, 15) is 4.79 Å². The van der Waals surface area contributed by atoms with Gasteiger partial charge in [-0.1, -0.05) is 15.9 Å². The van der Waals surface area contributed by atoms with Gasteiger partial charge in [0.1, 0.15) is 5.69 Å². The highest BCUT2D eigenvalue weighted by atomic mass is 79.9. The highest BCUT2D eigenvalue weighted by Gasteiger charge is 2.13. The Morgan fingerprint density at radius 2 is 2.04 bits per heavy atom. The molecule has 1 aromatic carbocycles. The van der Waals surface area contributed by atoms with Crippen LogP contribution in [0.4, 0.5) is 11.4 Å². The van der Waals surface area contributed by atoms with Crippen LogP contribution in [0.2, 0.25) is 0 Å². The van der Waals surface area contributed by atoms with Crippen LogP contribution in [-0.4, -0.2) is 37.2 Å². The van der Waals surface area contributed by atoms with Gasteiger partial charge < -0.3 is 15.0 Å². The molecule has 0 radical (unpaired) electrons. The monoisotopic (exact) mass is 375 g/mol. The lowest BCUT2D eigenvalue weighted by molar-refractivity contribution is 0.102. The Morgan fingerprint density at radius 3 is 2.70 bits per heavy atom. The lowest BCUT2D eigenvalue weighted by atomic mass is 10.2. The Bertz CT molecular complexity index is 697. The molecule has 0 aliphatic carbocycles. The summed E-state index contributed by atoms with van der Waals surface area (Å²) in [4.78, 5) is 18.8. The van der Waals surface area contributed by atoms with Crippen LogP contribution >= 0.6 is 15.9 Å². The Morgan fingerprint density at radius 1 is 1.26 bits per heavy atom. The van der Waals surface area contributed by atoms with Crippen molar-refractivity contribution in [3.8, 4) is 0 Å². The lowest BCUT2D eigenvalue weighted by Crippen LogP contribution is -2.36. The normalized spacial score (nSPS) is 14.6. The maximum absolute atomic E-state index is 12.3. The summed E-state index contributed by atoms with van der Waals surface area (Å²) in [5, 5.41) is 2.90. The van der Waals surface area contributed by atoms with Gasteiger partial charge in [0.05, 0.1) is 25.1 Å². The van der Waals surface area contributed by atoms with E-state index in [1.54, 1.807) is 12.3 Å². The van der Waals surface area contributed by atoms with Crippen molar-refractivity contribution in [1.29, 1.82) is 0 Å². The molecule has 2 aromatic rings. The number of ether oxygens (including phenoxy) is 1. The average Bonchev–Trinajstić information content (AvgIpc) is 2.58. The topological polar surface area (TPSA) is 54.5 Å². The van der Waals surface area contributed by atoms with Gasteiger partial charge in [0.15, 0.2) is 0 Å². The van der Waals surface area contributed by atoms with Crippen LogP contribution in [0, 0.1) is 6.92 Å². The van der Waals surface area contributed by atoms with E-state index in [-0.39, 0.29) is 5.91 Å². The summed E-state index contributed by atoms with van der Waals surface area (Å²) in [7, 11) is 0. The first-order valence-electron chi connectivity index (χ1n) is 7.50. The molecule has 0 bridgehead atoms. The molecule has 1 N–H and O–H groups in total. The predicted octanol–water partition coefficient (Wildman–Crippen LogP) is 3.24. The first-order chi connectivity index (χ1) is 11.1. The molecule has 1 saturated heterocycles. The molecule has 1 aromatic heterocycles. The van der Waals surface area contributed by atoms with Crippen LogP contribution in [0.3, 0.4) is 0 Å². The number of nitrogens with one attached hydrogen (secondary N) is 1. The molecule has 5 nitrogen and oxygen atoms in total. The highest BCUT2D eigenvalue weighted by Crippen LogP contribution is 2.21. The average molecular weight is 376 g/mol. The minimum absolute atomic E-state index is 0.205. The number of carbonyl (C=O) groups is 1. The van der Waals surface area contributed by atoms with Gasteiger partial charge in [-0.3, -0.25) is 4.79 Å². The molecule has 0 spiro atoms. The number of morpholine rings is 1.